The molecule has 0 aromatic rings. The Morgan fingerprint density at radius 3 is 2.38 bits per heavy atom. The SMILES string of the molecule is CC/C(C)=C(\C)C/C=C/C(=O)OC. The van der Waals surface area contributed by atoms with Gasteiger partial charge in [0, 0.05) is 6.08 Å². The Labute approximate surface area is 80.3 Å². The molecule has 0 heterocycles. The second-order valence-corrected chi connectivity index (χ2v) is 3.04. The van der Waals surface area contributed by atoms with Crippen LogP contribution in [0.1, 0.15) is 33.6 Å². The molecule has 0 atom stereocenters. The summed E-state index contributed by atoms with van der Waals surface area (Å²) in [5.74, 6) is -0.290. The van der Waals surface area contributed by atoms with Crippen molar-refractivity contribution in [3.05, 3.63) is 23.3 Å². The fourth-order valence-corrected chi connectivity index (χ4v) is 0.876. The lowest BCUT2D eigenvalue weighted by Gasteiger charge is -2.01. The van der Waals surface area contributed by atoms with Gasteiger partial charge in [-0.3, -0.25) is 0 Å². The zero-order chi connectivity index (χ0) is 10.3. The van der Waals surface area contributed by atoms with Gasteiger partial charge >= 0.3 is 5.97 Å². The van der Waals surface area contributed by atoms with E-state index in [9.17, 15) is 4.79 Å². The van der Waals surface area contributed by atoms with Crippen LogP contribution in [0.2, 0.25) is 0 Å². The molecule has 0 spiro atoms. The van der Waals surface area contributed by atoms with Crippen LogP contribution in [0.3, 0.4) is 0 Å². The first-order chi connectivity index (χ1) is 6.11. The summed E-state index contributed by atoms with van der Waals surface area (Å²) in [6, 6.07) is 0. The molecule has 0 rings (SSSR count). The molecule has 0 aliphatic heterocycles. The van der Waals surface area contributed by atoms with Gasteiger partial charge in [0.15, 0.2) is 0 Å². The van der Waals surface area contributed by atoms with Gasteiger partial charge in [-0.2, -0.15) is 0 Å². The monoisotopic (exact) mass is 182 g/mol. The minimum absolute atomic E-state index is 0.290. The van der Waals surface area contributed by atoms with E-state index in [0.29, 0.717) is 0 Å². The Balaban J connectivity index is 4.03. The molecular weight excluding hydrogens is 164 g/mol. The Hall–Kier alpha value is -1.05. The Bertz CT molecular complexity index is 224. The summed E-state index contributed by atoms with van der Waals surface area (Å²) in [5, 5.41) is 0. The summed E-state index contributed by atoms with van der Waals surface area (Å²) in [7, 11) is 1.38. The number of hydrogen-bond acceptors (Lipinski definition) is 2. The van der Waals surface area contributed by atoms with Crippen molar-refractivity contribution in [2.24, 2.45) is 0 Å². The summed E-state index contributed by atoms with van der Waals surface area (Å²) < 4.78 is 4.48. The van der Waals surface area contributed by atoms with Crippen molar-refractivity contribution < 1.29 is 9.53 Å². The standard InChI is InChI=1S/C11H18O2/c1-5-9(2)10(3)7-6-8-11(12)13-4/h6,8H,5,7H2,1-4H3/b8-6+,10-9+. The fraction of sp³-hybridized carbons (Fsp3) is 0.545. The Morgan fingerprint density at radius 2 is 1.92 bits per heavy atom. The van der Waals surface area contributed by atoms with Gasteiger partial charge in [0.2, 0.25) is 0 Å². The lowest BCUT2D eigenvalue weighted by Crippen LogP contribution is -1.93. The van der Waals surface area contributed by atoms with Crippen molar-refractivity contribution in [2.45, 2.75) is 33.6 Å². The summed E-state index contributed by atoms with van der Waals surface area (Å²) in [6.07, 6.45) is 5.19. The average Bonchev–Trinajstić information content (AvgIpc) is 2.15. The fourth-order valence-electron chi connectivity index (χ4n) is 0.876. The third-order valence-corrected chi connectivity index (χ3v) is 2.14. The lowest BCUT2D eigenvalue weighted by atomic mass is 10.1. The Kier molecular flexibility index (Phi) is 5.94. The summed E-state index contributed by atoms with van der Waals surface area (Å²) in [4.78, 5) is 10.7. The third kappa shape index (κ3) is 5.23. The smallest absolute Gasteiger partial charge is 0.330 e. The van der Waals surface area contributed by atoms with Crippen LogP contribution in [0.15, 0.2) is 23.3 Å². The van der Waals surface area contributed by atoms with Gasteiger partial charge in [0.25, 0.3) is 0 Å². The highest BCUT2D eigenvalue weighted by Gasteiger charge is 1.93. The first-order valence-corrected chi connectivity index (χ1v) is 4.51. The number of hydrogen-bond donors (Lipinski definition) is 0. The third-order valence-electron chi connectivity index (χ3n) is 2.14. The molecule has 0 saturated carbocycles. The molecule has 0 radical (unpaired) electrons. The topological polar surface area (TPSA) is 26.3 Å². The van der Waals surface area contributed by atoms with E-state index in [1.54, 1.807) is 0 Å². The predicted molar refractivity (Wildman–Crippen MR) is 54.4 cm³/mol. The maximum Gasteiger partial charge on any atom is 0.330 e. The number of esters is 1. The Morgan fingerprint density at radius 1 is 1.31 bits per heavy atom. The van der Waals surface area contributed by atoms with Crippen molar-refractivity contribution in [3.8, 4) is 0 Å². The lowest BCUT2D eigenvalue weighted by molar-refractivity contribution is -0.134. The minimum Gasteiger partial charge on any atom is -0.466 e. The largest absolute Gasteiger partial charge is 0.466 e. The van der Waals surface area contributed by atoms with Crippen LogP contribution in [0.5, 0.6) is 0 Å². The van der Waals surface area contributed by atoms with Gasteiger partial charge in [-0.25, -0.2) is 4.79 Å². The van der Waals surface area contributed by atoms with E-state index in [1.165, 1.54) is 24.3 Å². The van der Waals surface area contributed by atoms with Crippen molar-refractivity contribution >= 4 is 5.97 Å². The molecule has 0 saturated heterocycles. The van der Waals surface area contributed by atoms with Gasteiger partial charge in [-0.05, 0) is 26.7 Å². The van der Waals surface area contributed by atoms with Crippen molar-refractivity contribution in [1.82, 2.24) is 0 Å². The molecule has 0 aliphatic rings. The van der Waals surface area contributed by atoms with E-state index < -0.39 is 0 Å². The van der Waals surface area contributed by atoms with E-state index in [2.05, 4.69) is 25.5 Å². The van der Waals surface area contributed by atoms with E-state index in [0.717, 1.165) is 12.8 Å². The molecular formula is C11H18O2. The van der Waals surface area contributed by atoms with Crippen molar-refractivity contribution in [2.75, 3.05) is 7.11 Å². The molecule has 0 unspecified atom stereocenters. The van der Waals surface area contributed by atoms with Crippen LogP contribution in [-0.2, 0) is 9.53 Å². The first kappa shape index (κ1) is 11.9. The minimum atomic E-state index is -0.290. The molecule has 2 heteroatoms. The molecule has 0 aromatic heterocycles. The zero-order valence-electron chi connectivity index (χ0n) is 8.89. The predicted octanol–water partition coefficient (Wildman–Crippen LogP) is 2.85. The average molecular weight is 182 g/mol. The highest BCUT2D eigenvalue weighted by molar-refractivity contribution is 5.81. The summed E-state index contributed by atoms with van der Waals surface area (Å²) in [5.41, 5.74) is 2.71. The highest BCUT2D eigenvalue weighted by Crippen LogP contribution is 2.11. The molecule has 0 aromatic carbocycles. The number of allylic oxidation sites excluding steroid dienone is 3. The van der Waals surface area contributed by atoms with Crippen LogP contribution in [0.4, 0.5) is 0 Å². The van der Waals surface area contributed by atoms with Crippen LogP contribution in [0.25, 0.3) is 0 Å². The van der Waals surface area contributed by atoms with Gasteiger partial charge in [-0.1, -0.05) is 24.1 Å². The molecule has 0 aliphatic carbocycles. The number of ether oxygens (including phenoxy) is 1. The molecule has 0 bridgehead atoms. The van der Waals surface area contributed by atoms with Crippen LogP contribution >= 0.6 is 0 Å². The van der Waals surface area contributed by atoms with Crippen LogP contribution in [-0.4, -0.2) is 13.1 Å². The van der Waals surface area contributed by atoms with E-state index in [-0.39, 0.29) is 5.97 Å². The van der Waals surface area contributed by atoms with Gasteiger partial charge in [0.05, 0.1) is 7.11 Å². The number of methoxy groups -OCH3 is 1. The van der Waals surface area contributed by atoms with Gasteiger partial charge in [0.1, 0.15) is 0 Å². The maximum absolute atomic E-state index is 10.7. The normalized spacial score (nSPS) is 12.9. The van der Waals surface area contributed by atoms with Gasteiger partial charge < -0.3 is 4.74 Å². The summed E-state index contributed by atoms with van der Waals surface area (Å²) >= 11 is 0. The molecule has 2 nitrogen and oxygen atoms in total. The second kappa shape index (κ2) is 6.46. The van der Waals surface area contributed by atoms with Crippen molar-refractivity contribution in [1.29, 1.82) is 0 Å². The second-order valence-electron chi connectivity index (χ2n) is 3.04. The van der Waals surface area contributed by atoms with Gasteiger partial charge in [-0.15, -0.1) is 0 Å². The quantitative estimate of drug-likeness (QED) is 0.379. The summed E-state index contributed by atoms with van der Waals surface area (Å²) in [6.45, 7) is 6.32. The molecule has 74 valence electrons. The molecule has 0 amide bonds. The van der Waals surface area contributed by atoms with Crippen molar-refractivity contribution in [3.63, 3.8) is 0 Å². The van der Waals surface area contributed by atoms with Crippen LogP contribution in [0, 0.1) is 0 Å². The maximum atomic E-state index is 10.7. The number of rotatable bonds is 4. The number of carbonyl (C=O) groups is 1. The highest BCUT2D eigenvalue weighted by atomic mass is 16.5. The molecule has 0 N–H and O–H groups in total. The molecule has 13 heavy (non-hydrogen) atoms. The van der Waals surface area contributed by atoms with E-state index >= 15 is 0 Å². The number of carbonyl (C=O) groups excluding carboxylic acids is 1. The first-order valence-electron chi connectivity index (χ1n) is 4.51. The van der Waals surface area contributed by atoms with Crippen LogP contribution < -0.4 is 0 Å². The zero-order valence-corrected chi connectivity index (χ0v) is 8.89. The van der Waals surface area contributed by atoms with E-state index in [4.69, 9.17) is 0 Å². The van der Waals surface area contributed by atoms with E-state index in [1.807, 2.05) is 6.08 Å². The molecule has 0 fully saturated rings.